The number of hydrogen-bond acceptors (Lipinski definition) is 7. The first-order valence-electron chi connectivity index (χ1n) is 11.7. The Labute approximate surface area is 203 Å². The molecule has 182 valence electrons. The van der Waals surface area contributed by atoms with Crippen molar-refractivity contribution in [2.45, 2.75) is 38.3 Å². The Kier molecular flexibility index (Phi) is 5.32. The highest BCUT2D eigenvalue weighted by molar-refractivity contribution is 5.82. The maximum Gasteiger partial charge on any atom is 0.283 e. The molecule has 6 rings (SSSR count). The number of nitrogens with zero attached hydrogens (tertiary/aromatic N) is 6. The zero-order chi connectivity index (χ0) is 24.8. The highest BCUT2D eigenvalue weighted by atomic mass is 19.1. The van der Waals surface area contributed by atoms with Crippen LogP contribution in [0.1, 0.15) is 38.1 Å². The van der Waals surface area contributed by atoms with Crippen molar-refractivity contribution in [1.29, 1.82) is 0 Å². The molecule has 9 nitrogen and oxygen atoms in total. The molecule has 0 saturated heterocycles. The smallest absolute Gasteiger partial charge is 0.283 e. The summed E-state index contributed by atoms with van der Waals surface area (Å²) in [6, 6.07) is 9.82. The maximum atomic E-state index is 14.9. The van der Waals surface area contributed by atoms with Crippen molar-refractivity contribution in [3.8, 4) is 0 Å². The second-order valence-electron chi connectivity index (χ2n) is 8.70. The molecule has 1 aliphatic rings. The first kappa shape index (κ1) is 22.1. The van der Waals surface area contributed by atoms with Crippen LogP contribution in [0, 0.1) is 11.6 Å². The van der Waals surface area contributed by atoms with Gasteiger partial charge in [0.2, 0.25) is 0 Å². The van der Waals surface area contributed by atoms with E-state index in [1.54, 1.807) is 23.2 Å². The molecule has 0 aliphatic heterocycles. The van der Waals surface area contributed by atoms with Gasteiger partial charge >= 0.3 is 0 Å². The SMILES string of the molecule is CCC(Nc1ncnc2[nH]cnc12)c1nc2cccc(F)c2c(=O)n1N(c1ccc(F)cc1)C1CC1. The third kappa shape index (κ3) is 3.72. The van der Waals surface area contributed by atoms with Crippen molar-refractivity contribution in [2.24, 2.45) is 0 Å². The molecule has 5 aromatic rings. The van der Waals surface area contributed by atoms with E-state index in [1.807, 2.05) is 6.92 Å². The number of rotatable bonds is 7. The predicted octanol–water partition coefficient (Wildman–Crippen LogP) is 4.34. The van der Waals surface area contributed by atoms with Gasteiger partial charge in [-0.3, -0.25) is 9.80 Å². The van der Waals surface area contributed by atoms with Gasteiger partial charge < -0.3 is 10.3 Å². The van der Waals surface area contributed by atoms with Gasteiger partial charge in [0.25, 0.3) is 5.56 Å². The van der Waals surface area contributed by atoms with Gasteiger partial charge in [0.15, 0.2) is 17.3 Å². The van der Waals surface area contributed by atoms with Crippen molar-refractivity contribution in [3.05, 3.63) is 82.9 Å². The van der Waals surface area contributed by atoms with E-state index >= 15 is 0 Å². The highest BCUT2D eigenvalue weighted by Gasteiger charge is 2.35. The number of benzene rings is 2. The number of nitrogens with one attached hydrogen (secondary N) is 2. The van der Waals surface area contributed by atoms with Gasteiger partial charge in [-0.1, -0.05) is 13.0 Å². The molecule has 11 heteroatoms. The average molecular weight is 489 g/mol. The van der Waals surface area contributed by atoms with Crippen molar-refractivity contribution in [2.75, 3.05) is 10.3 Å². The fourth-order valence-corrected chi connectivity index (χ4v) is 4.42. The van der Waals surface area contributed by atoms with Crippen LogP contribution in [0.15, 0.2) is 59.9 Å². The van der Waals surface area contributed by atoms with Crippen molar-refractivity contribution in [3.63, 3.8) is 0 Å². The molecule has 2 N–H and O–H groups in total. The second kappa shape index (κ2) is 8.67. The minimum atomic E-state index is -0.643. The molecule has 1 aliphatic carbocycles. The Hall–Kier alpha value is -4.41. The minimum Gasteiger partial charge on any atom is -0.358 e. The molecule has 0 spiro atoms. The standard InChI is InChI=1S/C25H22F2N8O/c1-2-18(32-23-21-22(29-12-28-21)30-13-31-23)24-33-19-5-3-4-17(27)20(19)25(36)35(24)34(16-10-11-16)15-8-6-14(26)7-9-15/h3-9,12-13,16,18H,2,10-11H2,1H3,(H2,28,29,30,31,32). The van der Waals surface area contributed by atoms with Crippen LogP contribution in [0.4, 0.5) is 20.3 Å². The van der Waals surface area contributed by atoms with E-state index in [4.69, 9.17) is 4.98 Å². The predicted molar refractivity (Wildman–Crippen MR) is 132 cm³/mol. The van der Waals surface area contributed by atoms with E-state index in [9.17, 15) is 13.6 Å². The summed E-state index contributed by atoms with van der Waals surface area (Å²) in [5, 5.41) is 5.06. The Balaban J connectivity index is 1.57. The molecule has 2 aromatic carbocycles. The number of anilines is 2. The number of halogens is 2. The Morgan fingerprint density at radius 2 is 1.94 bits per heavy atom. The van der Waals surface area contributed by atoms with Gasteiger partial charge in [0.05, 0.1) is 29.6 Å². The lowest BCUT2D eigenvalue weighted by Crippen LogP contribution is -2.44. The second-order valence-corrected chi connectivity index (χ2v) is 8.70. The molecule has 0 bridgehead atoms. The van der Waals surface area contributed by atoms with Crippen LogP contribution in [0.25, 0.3) is 22.1 Å². The van der Waals surface area contributed by atoms with Gasteiger partial charge in [-0.2, -0.15) is 4.68 Å². The normalized spacial score (nSPS) is 14.3. The van der Waals surface area contributed by atoms with Gasteiger partial charge in [-0.25, -0.2) is 28.7 Å². The monoisotopic (exact) mass is 488 g/mol. The summed E-state index contributed by atoms with van der Waals surface area (Å²) in [4.78, 5) is 34.5. The fourth-order valence-electron chi connectivity index (χ4n) is 4.42. The number of aromatic amines is 1. The average Bonchev–Trinajstić information content (AvgIpc) is 3.60. The van der Waals surface area contributed by atoms with Crippen LogP contribution in [0.5, 0.6) is 0 Å². The minimum absolute atomic E-state index is 0.00691. The molecule has 36 heavy (non-hydrogen) atoms. The molecule has 1 fully saturated rings. The van der Waals surface area contributed by atoms with Crippen LogP contribution < -0.4 is 15.9 Å². The number of imidazole rings is 1. The molecular formula is C25H22F2N8O. The summed E-state index contributed by atoms with van der Waals surface area (Å²) in [6.45, 7) is 1.95. The number of fused-ring (bicyclic) bond motifs is 2. The molecule has 1 atom stereocenters. The van der Waals surface area contributed by atoms with Crippen LogP contribution >= 0.6 is 0 Å². The van der Waals surface area contributed by atoms with E-state index in [0.717, 1.165) is 12.8 Å². The number of H-pyrrole nitrogens is 1. The van der Waals surface area contributed by atoms with E-state index in [2.05, 4.69) is 25.3 Å². The lowest BCUT2D eigenvalue weighted by molar-refractivity contribution is 0.559. The summed E-state index contributed by atoms with van der Waals surface area (Å²) < 4.78 is 30.1. The van der Waals surface area contributed by atoms with Crippen molar-refractivity contribution >= 4 is 33.6 Å². The Bertz CT molecular complexity index is 1630. The van der Waals surface area contributed by atoms with Gasteiger partial charge in [-0.05, 0) is 55.7 Å². The third-order valence-electron chi connectivity index (χ3n) is 6.30. The van der Waals surface area contributed by atoms with E-state index < -0.39 is 17.4 Å². The lowest BCUT2D eigenvalue weighted by Gasteiger charge is -2.31. The highest BCUT2D eigenvalue weighted by Crippen LogP contribution is 2.34. The molecule has 3 aromatic heterocycles. The molecule has 0 amide bonds. The molecule has 0 radical (unpaired) electrons. The number of hydrogen-bond donors (Lipinski definition) is 2. The summed E-state index contributed by atoms with van der Waals surface area (Å²) in [6.07, 6.45) is 5.15. The topological polar surface area (TPSA) is 105 Å². The molecule has 3 heterocycles. The summed E-state index contributed by atoms with van der Waals surface area (Å²) in [5.41, 5.74) is 1.46. The first-order valence-corrected chi connectivity index (χ1v) is 11.7. The van der Waals surface area contributed by atoms with Crippen LogP contribution in [0.3, 0.4) is 0 Å². The van der Waals surface area contributed by atoms with Crippen LogP contribution in [0.2, 0.25) is 0 Å². The van der Waals surface area contributed by atoms with Crippen molar-refractivity contribution in [1.82, 2.24) is 29.6 Å². The van der Waals surface area contributed by atoms with E-state index in [-0.39, 0.29) is 22.8 Å². The van der Waals surface area contributed by atoms with Gasteiger partial charge in [-0.15, -0.1) is 0 Å². The van der Waals surface area contributed by atoms with Crippen LogP contribution in [-0.2, 0) is 0 Å². The molecular weight excluding hydrogens is 466 g/mol. The summed E-state index contributed by atoms with van der Waals surface area (Å²) in [5.74, 6) is -0.160. The largest absolute Gasteiger partial charge is 0.358 e. The first-order chi connectivity index (χ1) is 17.5. The van der Waals surface area contributed by atoms with Gasteiger partial charge in [0.1, 0.15) is 28.9 Å². The Morgan fingerprint density at radius 3 is 2.69 bits per heavy atom. The van der Waals surface area contributed by atoms with Gasteiger partial charge in [0, 0.05) is 0 Å². The summed E-state index contributed by atoms with van der Waals surface area (Å²) in [7, 11) is 0. The molecule has 1 saturated carbocycles. The van der Waals surface area contributed by atoms with E-state index in [1.165, 1.54) is 41.6 Å². The lowest BCUT2D eigenvalue weighted by atomic mass is 10.1. The quantitative estimate of drug-likeness (QED) is 0.351. The fraction of sp³-hybridized carbons (Fsp3) is 0.240. The van der Waals surface area contributed by atoms with E-state index in [0.29, 0.717) is 34.9 Å². The zero-order valence-corrected chi connectivity index (χ0v) is 19.3. The maximum absolute atomic E-state index is 14.9. The van der Waals surface area contributed by atoms with Crippen molar-refractivity contribution < 1.29 is 8.78 Å². The zero-order valence-electron chi connectivity index (χ0n) is 19.3. The third-order valence-corrected chi connectivity index (χ3v) is 6.30. The molecule has 1 unspecified atom stereocenters. The Morgan fingerprint density at radius 1 is 1.14 bits per heavy atom. The van der Waals surface area contributed by atoms with Crippen LogP contribution in [-0.4, -0.2) is 35.6 Å². The number of aromatic nitrogens is 6. The summed E-state index contributed by atoms with van der Waals surface area (Å²) >= 11 is 0.